The number of pyridine rings is 1. The molecule has 138 valence electrons. The number of amides is 1. The molecule has 1 aromatic heterocycles. The molecule has 0 aliphatic carbocycles. The van der Waals surface area contributed by atoms with Gasteiger partial charge in [-0.1, -0.05) is 0 Å². The molecule has 2 bridgehead atoms. The Morgan fingerprint density at radius 3 is 2.36 bits per heavy atom. The van der Waals surface area contributed by atoms with E-state index in [9.17, 15) is 4.79 Å². The second-order valence-corrected chi connectivity index (χ2v) is 8.38. The molecule has 1 N–H and O–H groups in total. The Balaban J connectivity index is 1.61. The lowest BCUT2D eigenvalue weighted by atomic mass is 9.97. The third kappa shape index (κ3) is 4.17. The van der Waals surface area contributed by atoms with E-state index in [1.54, 1.807) is 0 Å². The fourth-order valence-corrected chi connectivity index (χ4v) is 3.88. The van der Waals surface area contributed by atoms with Crippen LogP contribution in [0.1, 0.15) is 46.5 Å². The first kappa shape index (κ1) is 17.8. The molecule has 2 unspecified atom stereocenters. The first-order valence-electron chi connectivity index (χ1n) is 9.14. The molecule has 2 aliphatic rings. The van der Waals surface area contributed by atoms with Gasteiger partial charge in [-0.15, -0.1) is 0 Å². The predicted octanol–water partition coefficient (Wildman–Crippen LogP) is 3.49. The maximum Gasteiger partial charge on any atom is 0.410 e. The van der Waals surface area contributed by atoms with Crippen molar-refractivity contribution in [3.8, 4) is 0 Å². The number of nitrogens with zero attached hydrogens (tertiary/aromatic N) is 3. The van der Waals surface area contributed by atoms with Crippen LogP contribution in [-0.2, 0) is 4.74 Å². The third-order valence-electron chi connectivity index (χ3n) is 4.91. The number of ether oxygens (including phenoxy) is 1. The molecule has 2 saturated heterocycles. The Bertz CT molecular complexity index is 595. The van der Waals surface area contributed by atoms with Gasteiger partial charge in [-0.3, -0.25) is 0 Å². The summed E-state index contributed by atoms with van der Waals surface area (Å²) >= 11 is 0. The van der Waals surface area contributed by atoms with Crippen LogP contribution in [0.3, 0.4) is 0 Å². The minimum Gasteiger partial charge on any atom is -0.444 e. The van der Waals surface area contributed by atoms with Gasteiger partial charge in [-0.2, -0.15) is 0 Å². The number of carbonyl (C=O) groups is 1. The normalized spacial score (nSPS) is 25.6. The van der Waals surface area contributed by atoms with Crippen molar-refractivity contribution < 1.29 is 9.53 Å². The highest BCUT2D eigenvalue weighted by atomic mass is 16.6. The number of nitrogens with one attached hydrogen (secondary N) is 1. The van der Waals surface area contributed by atoms with Crippen LogP contribution in [0.2, 0.25) is 0 Å². The second kappa shape index (κ2) is 6.73. The highest BCUT2D eigenvalue weighted by Crippen LogP contribution is 2.37. The Hall–Kier alpha value is -1.98. The average molecular weight is 346 g/mol. The van der Waals surface area contributed by atoms with E-state index in [0.717, 1.165) is 37.2 Å². The van der Waals surface area contributed by atoms with E-state index in [4.69, 9.17) is 4.74 Å². The van der Waals surface area contributed by atoms with Gasteiger partial charge in [0.15, 0.2) is 0 Å². The number of aromatic nitrogens is 1. The van der Waals surface area contributed by atoms with Crippen LogP contribution >= 0.6 is 0 Å². The third-order valence-corrected chi connectivity index (χ3v) is 4.91. The molecule has 0 spiro atoms. The molecular weight excluding hydrogens is 316 g/mol. The Morgan fingerprint density at radius 1 is 1.24 bits per heavy atom. The average Bonchev–Trinajstić information content (AvgIpc) is 2.78. The molecule has 25 heavy (non-hydrogen) atoms. The van der Waals surface area contributed by atoms with Crippen molar-refractivity contribution in [1.82, 2.24) is 9.88 Å². The summed E-state index contributed by atoms with van der Waals surface area (Å²) < 4.78 is 5.60. The van der Waals surface area contributed by atoms with E-state index in [-0.39, 0.29) is 18.2 Å². The maximum absolute atomic E-state index is 12.5. The maximum atomic E-state index is 12.5. The van der Waals surface area contributed by atoms with Gasteiger partial charge in [0, 0.05) is 32.2 Å². The molecule has 1 amide bonds. The molecule has 6 nitrogen and oxygen atoms in total. The first-order chi connectivity index (χ1) is 11.7. The topological polar surface area (TPSA) is 57.7 Å². The molecule has 0 aromatic carbocycles. The van der Waals surface area contributed by atoms with Gasteiger partial charge in [-0.05, 0) is 58.6 Å². The molecule has 2 aliphatic heterocycles. The van der Waals surface area contributed by atoms with Crippen molar-refractivity contribution in [1.29, 1.82) is 0 Å². The zero-order valence-electron chi connectivity index (χ0n) is 16.0. The predicted molar refractivity (Wildman–Crippen MR) is 100 cm³/mol. The zero-order chi connectivity index (χ0) is 18.2. The van der Waals surface area contributed by atoms with Crippen molar-refractivity contribution in [2.24, 2.45) is 0 Å². The number of rotatable bonds is 3. The van der Waals surface area contributed by atoms with E-state index in [1.165, 1.54) is 0 Å². The summed E-state index contributed by atoms with van der Waals surface area (Å²) in [5.41, 5.74) is 0.603. The van der Waals surface area contributed by atoms with Gasteiger partial charge < -0.3 is 19.9 Å². The summed E-state index contributed by atoms with van der Waals surface area (Å²) in [5, 5.41) is 3.60. The Morgan fingerprint density at radius 2 is 1.88 bits per heavy atom. The fraction of sp³-hybridized carbons (Fsp3) is 0.684. The van der Waals surface area contributed by atoms with Crippen LogP contribution in [0, 0.1) is 0 Å². The van der Waals surface area contributed by atoms with Crippen molar-refractivity contribution >= 4 is 17.6 Å². The van der Waals surface area contributed by atoms with Gasteiger partial charge in [0.2, 0.25) is 0 Å². The molecule has 2 fully saturated rings. The number of hydrogen-bond acceptors (Lipinski definition) is 5. The highest BCUT2D eigenvalue weighted by molar-refractivity contribution is 5.69. The summed E-state index contributed by atoms with van der Waals surface area (Å²) in [6.07, 6.45) is 5.80. The number of carbonyl (C=O) groups excluding carboxylic acids is 1. The van der Waals surface area contributed by atoms with Crippen molar-refractivity contribution in [2.45, 2.75) is 70.2 Å². The van der Waals surface area contributed by atoms with Crippen molar-refractivity contribution in [3.05, 3.63) is 18.3 Å². The Kier molecular flexibility index (Phi) is 4.80. The van der Waals surface area contributed by atoms with Gasteiger partial charge in [0.1, 0.15) is 11.4 Å². The van der Waals surface area contributed by atoms with Gasteiger partial charge >= 0.3 is 6.09 Å². The lowest BCUT2D eigenvalue weighted by Gasteiger charge is -2.40. The quantitative estimate of drug-likeness (QED) is 0.908. The minimum atomic E-state index is -0.439. The fourth-order valence-electron chi connectivity index (χ4n) is 3.88. The standard InChI is InChI=1S/C19H30N4O2/c1-19(2,3)25-18(24)23-15-7-8-16(23)11-14(10-15)21-13-6-9-17(20-12-13)22(4)5/h6,9,12,14-16,21H,7-8,10-11H2,1-5H3. The Labute approximate surface area is 150 Å². The number of piperidine rings is 1. The summed E-state index contributed by atoms with van der Waals surface area (Å²) in [6.45, 7) is 5.77. The highest BCUT2D eigenvalue weighted by Gasteiger charge is 2.44. The van der Waals surface area contributed by atoms with E-state index in [0.29, 0.717) is 6.04 Å². The lowest BCUT2D eigenvalue weighted by Crippen LogP contribution is -2.51. The molecule has 3 heterocycles. The van der Waals surface area contributed by atoms with Crippen LogP contribution in [0.5, 0.6) is 0 Å². The smallest absolute Gasteiger partial charge is 0.410 e. The van der Waals surface area contributed by atoms with Crippen LogP contribution in [0.25, 0.3) is 0 Å². The summed E-state index contributed by atoms with van der Waals surface area (Å²) in [7, 11) is 3.97. The van der Waals surface area contributed by atoms with Gasteiger partial charge in [-0.25, -0.2) is 9.78 Å². The number of fused-ring (bicyclic) bond motifs is 2. The lowest BCUT2D eigenvalue weighted by molar-refractivity contribution is 0.00683. The molecule has 0 radical (unpaired) electrons. The van der Waals surface area contributed by atoms with E-state index < -0.39 is 5.60 Å². The summed E-state index contributed by atoms with van der Waals surface area (Å²) in [6, 6.07) is 5.03. The van der Waals surface area contributed by atoms with Crippen molar-refractivity contribution in [3.63, 3.8) is 0 Å². The van der Waals surface area contributed by atoms with Gasteiger partial charge in [0.05, 0.1) is 11.9 Å². The van der Waals surface area contributed by atoms with Crippen LogP contribution in [-0.4, -0.2) is 53.8 Å². The van der Waals surface area contributed by atoms with E-state index in [2.05, 4.69) is 16.4 Å². The van der Waals surface area contributed by atoms with E-state index >= 15 is 0 Å². The van der Waals surface area contributed by atoms with Crippen LogP contribution in [0.15, 0.2) is 18.3 Å². The number of anilines is 2. The molecule has 1 aromatic rings. The molecule has 6 heteroatoms. The minimum absolute atomic E-state index is 0.157. The SMILES string of the molecule is CN(C)c1ccc(NC2CC3CCC(C2)N3C(=O)OC(C)(C)C)cn1. The molecular formula is C19H30N4O2. The first-order valence-corrected chi connectivity index (χ1v) is 9.14. The van der Waals surface area contributed by atoms with E-state index in [1.807, 2.05) is 56.9 Å². The van der Waals surface area contributed by atoms with Gasteiger partial charge in [0.25, 0.3) is 0 Å². The van der Waals surface area contributed by atoms with Crippen LogP contribution < -0.4 is 10.2 Å². The molecule has 0 saturated carbocycles. The zero-order valence-corrected chi connectivity index (χ0v) is 16.0. The van der Waals surface area contributed by atoms with Crippen molar-refractivity contribution in [2.75, 3.05) is 24.3 Å². The largest absolute Gasteiger partial charge is 0.444 e. The second-order valence-electron chi connectivity index (χ2n) is 8.38. The number of hydrogen-bond donors (Lipinski definition) is 1. The van der Waals surface area contributed by atoms with Crippen LogP contribution in [0.4, 0.5) is 16.3 Å². The monoisotopic (exact) mass is 346 g/mol. The summed E-state index contributed by atoms with van der Waals surface area (Å²) in [4.78, 5) is 20.9. The summed E-state index contributed by atoms with van der Waals surface area (Å²) in [5.74, 6) is 0.949. The molecule has 3 rings (SSSR count). The molecule has 2 atom stereocenters.